The fourth-order valence-electron chi connectivity index (χ4n) is 2.86. The average molecular weight is 414 g/mol. The molecular formula is C19H28ClN3O5. The Morgan fingerprint density at radius 2 is 1.96 bits per heavy atom. The first kappa shape index (κ1) is 22.4. The molecule has 2 amide bonds. The predicted octanol–water partition coefficient (Wildman–Crippen LogP) is 0.692. The van der Waals surface area contributed by atoms with Gasteiger partial charge in [0, 0.05) is 25.3 Å². The van der Waals surface area contributed by atoms with Gasteiger partial charge < -0.3 is 30.2 Å². The summed E-state index contributed by atoms with van der Waals surface area (Å²) in [5, 5.41) is 2.73. The molecule has 0 atom stereocenters. The topological polar surface area (TPSA) is 103 Å². The fraction of sp³-hybridized carbons (Fsp3) is 0.579. The number of carbonyl (C=O) groups is 2. The Kier molecular flexibility index (Phi) is 10.1. The molecule has 28 heavy (non-hydrogen) atoms. The number of hydrogen-bond acceptors (Lipinski definition) is 6. The zero-order valence-electron chi connectivity index (χ0n) is 16.0. The molecule has 2 rings (SSSR count). The lowest BCUT2D eigenvalue weighted by Gasteiger charge is -2.29. The van der Waals surface area contributed by atoms with Crippen LogP contribution >= 0.6 is 11.6 Å². The van der Waals surface area contributed by atoms with E-state index in [4.69, 9.17) is 31.5 Å². The minimum absolute atomic E-state index is 0.0394. The van der Waals surface area contributed by atoms with Crippen LogP contribution in [-0.4, -0.2) is 70.4 Å². The minimum atomic E-state index is -0.223. The van der Waals surface area contributed by atoms with Gasteiger partial charge in [0.15, 0.2) is 6.61 Å². The van der Waals surface area contributed by atoms with Gasteiger partial charge in [-0.1, -0.05) is 0 Å². The second-order valence-corrected chi connectivity index (χ2v) is 6.49. The van der Waals surface area contributed by atoms with Gasteiger partial charge in [-0.2, -0.15) is 0 Å². The highest BCUT2D eigenvalue weighted by molar-refractivity contribution is 6.29. The zero-order valence-corrected chi connectivity index (χ0v) is 16.7. The molecule has 1 heterocycles. The van der Waals surface area contributed by atoms with Crippen LogP contribution in [0.2, 0.25) is 0 Å². The molecule has 0 aliphatic carbocycles. The Balaban J connectivity index is 1.69. The number of anilines is 1. The van der Waals surface area contributed by atoms with Gasteiger partial charge in [0.2, 0.25) is 5.91 Å². The van der Waals surface area contributed by atoms with Crippen LogP contribution in [0.3, 0.4) is 0 Å². The molecule has 9 heteroatoms. The number of aryl methyl sites for hydroxylation is 1. The summed E-state index contributed by atoms with van der Waals surface area (Å²) in [6.45, 7) is 3.35. The van der Waals surface area contributed by atoms with Crippen LogP contribution in [-0.2, 0) is 25.5 Å². The summed E-state index contributed by atoms with van der Waals surface area (Å²) in [6, 6.07) is 5.48. The first-order valence-electron chi connectivity index (χ1n) is 9.40. The maximum absolute atomic E-state index is 11.9. The van der Waals surface area contributed by atoms with E-state index < -0.39 is 0 Å². The molecule has 0 saturated heterocycles. The average Bonchev–Trinajstić information content (AvgIpc) is 2.72. The van der Waals surface area contributed by atoms with Crippen molar-refractivity contribution in [1.29, 1.82) is 0 Å². The van der Waals surface area contributed by atoms with Crippen molar-refractivity contribution >= 4 is 29.1 Å². The van der Waals surface area contributed by atoms with Crippen LogP contribution in [0, 0.1) is 0 Å². The molecule has 0 saturated carbocycles. The number of fused-ring (bicyclic) bond motifs is 1. The van der Waals surface area contributed by atoms with Gasteiger partial charge in [-0.05, 0) is 36.6 Å². The summed E-state index contributed by atoms with van der Waals surface area (Å²) in [5.74, 6) is 0.230. The number of benzene rings is 1. The van der Waals surface area contributed by atoms with Crippen molar-refractivity contribution in [2.24, 2.45) is 5.73 Å². The number of hydrogen-bond donors (Lipinski definition) is 2. The Bertz CT molecular complexity index is 644. The lowest BCUT2D eigenvalue weighted by Crippen LogP contribution is -2.36. The van der Waals surface area contributed by atoms with Crippen LogP contribution in [0.25, 0.3) is 0 Å². The van der Waals surface area contributed by atoms with Crippen molar-refractivity contribution in [2.45, 2.75) is 12.8 Å². The van der Waals surface area contributed by atoms with Crippen LogP contribution < -0.4 is 20.7 Å². The number of carbonyl (C=O) groups excluding carboxylic acids is 2. The molecule has 0 fully saturated rings. The van der Waals surface area contributed by atoms with E-state index in [2.05, 4.69) is 5.32 Å². The third-order valence-corrected chi connectivity index (χ3v) is 4.39. The Hall–Kier alpha value is -1.87. The standard InChI is InChI=1S/C19H28ClN3O5/c20-13-19(25)23-7-1-2-15-12-16(3-4-17(15)23)28-14-18(24)22-6-9-27-11-10-26-8-5-21/h3-4,12H,1-2,5-11,13-14,21H2,(H,22,24). The highest BCUT2D eigenvalue weighted by Gasteiger charge is 2.22. The Morgan fingerprint density at radius 3 is 2.71 bits per heavy atom. The van der Waals surface area contributed by atoms with Crippen molar-refractivity contribution < 1.29 is 23.8 Å². The van der Waals surface area contributed by atoms with Crippen molar-refractivity contribution in [2.75, 3.05) is 63.4 Å². The minimum Gasteiger partial charge on any atom is -0.484 e. The SMILES string of the molecule is NCCOCCOCCNC(=O)COc1ccc2c(c1)CCCN2C(=O)CCl. The number of nitrogens with zero attached hydrogens (tertiary/aromatic N) is 1. The summed E-state index contributed by atoms with van der Waals surface area (Å²) in [5.41, 5.74) is 7.19. The van der Waals surface area contributed by atoms with Gasteiger partial charge in [0.25, 0.3) is 5.91 Å². The zero-order chi connectivity index (χ0) is 20.2. The van der Waals surface area contributed by atoms with E-state index in [9.17, 15) is 9.59 Å². The quantitative estimate of drug-likeness (QED) is 0.386. The van der Waals surface area contributed by atoms with Crippen LogP contribution in [0.1, 0.15) is 12.0 Å². The number of ether oxygens (including phenoxy) is 3. The van der Waals surface area contributed by atoms with Crippen molar-refractivity contribution in [3.8, 4) is 5.75 Å². The maximum Gasteiger partial charge on any atom is 0.258 e. The second-order valence-electron chi connectivity index (χ2n) is 6.23. The second kappa shape index (κ2) is 12.6. The molecule has 1 aliphatic heterocycles. The molecule has 156 valence electrons. The van der Waals surface area contributed by atoms with E-state index in [1.54, 1.807) is 11.0 Å². The van der Waals surface area contributed by atoms with E-state index >= 15 is 0 Å². The molecular weight excluding hydrogens is 386 g/mol. The molecule has 1 aliphatic rings. The number of rotatable bonds is 12. The number of amides is 2. The largest absolute Gasteiger partial charge is 0.484 e. The van der Waals surface area contributed by atoms with Crippen molar-refractivity contribution in [3.05, 3.63) is 23.8 Å². The number of alkyl halides is 1. The summed E-state index contributed by atoms with van der Waals surface area (Å²) in [4.78, 5) is 25.5. The van der Waals surface area contributed by atoms with Crippen LogP contribution in [0.5, 0.6) is 5.75 Å². The third-order valence-electron chi connectivity index (χ3n) is 4.16. The van der Waals surface area contributed by atoms with Gasteiger partial charge >= 0.3 is 0 Å². The molecule has 1 aromatic carbocycles. The smallest absolute Gasteiger partial charge is 0.258 e. The van der Waals surface area contributed by atoms with Crippen molar-refractivity contribution in [3.63, 3.8) is 0 Å². The Morgan fingerprint density at radius 1 is 1.18 bits per heavy atom. The van der Waals surface area contributed by atoms with Crippen LogP contribution in [0.4, 0.5) is 5.69 Å². The van der Waals surface area contributed by atoms with E-state index in [0.717, 1.165) is 24.1 Å². The van der Waals surface area contributed by atoms with Gasteiger partial charge in [-0.25, -0.2) is 0 Å². The van der Waals surface area contributed by atoms with Gasteiger partial charge in [-0.15, -0.1) is 11.6 Å². The third kappa shape index (κ3) is 7.27. The molecule has 0 aromatic heterocycles. The molecule has 1 aromatic rings. The van der Waals surface area contributed by atoms with E-state index in [1.807, 2.05) is 12.1 Å². The first-order valence-corrected chi connectivity index (χ1v) is 9.93. The number of halogens is 1. The van der Waals surface area contributed by atoms with Crippen molar-refractivity contribution in [1.82, 2.24) is 5.32 Å². The molecule has 0 unspecified atom stereocenters. The van der Waals surface area contributed by atoms with Gasteiger partial charge in [-0.3, -0.25) is 9.59 Å². The monoisotopic (exact) mass is 413 g/mol. The van der Waals surface area contributed by atoms with E-state index in [-0.39, 0.29) is 24.3 Å². The molecule has 0 spiro atoms. The van der Waals surface area contributed by atoms with E-state index in [1.165, 1.54) is 0 Å². The first-order chi connectivity index (χ1) is 13.7. The highest BCUT2D eigenvalue weighted by atomic mass is 35.5. The Labute approximate surface area is 170 Å². The predicted molar refractivity (Wildman–Crippen MR) is 107 cm³/mol. The fourth-order valence-corrected chi connectivity index (χ4v) is 3.01. The number of nitrogens with one attached hydrogen (secondary N) is 1. The lowest BCUT2D eigenvalue weighted by atomic mass is 10.0. The maximum atomic E-state index is 11.9. The highest BCUT2D eigenvalue weighted by Crippen LogP contribution is 2.30. The number of nitrogens with two attached hydrogens (primary N) is 1. The summed E-state index contributed by atoms with van der Waals surface area (Å²) in [6.07, 6.45) is 1.73. The normalized spacial score (nSPS) is 13.1. The molecule has 3 N–H and O–H groups in total. The molecule has 0 radical (unpaired) electrons. The van der Waals surface area contributed by atoms with Gasteiger partial charge in [0.1, 0.15) is 11.6 Å². The van der Waals surface area contributed by atoms with Crippen LogP contribution in [0.15, 0.2) is 18.2 Å². The summed E-state index contributed by atoms with van der Waals surface area (Å²) < 4.78 is 16.1. The van der Waals surface area contributed by atoms with E-state index in [0.29, 0.717) is 51.8 Å². The molecule has 8 nitrogen and oxygen atoms in total. The van der Waals surface area contributed by atoms with Gasteiger partial charge in [0.05, 0.1) is 26.4 Å². The summed E-state index contributed by atoms with van der Waals surface area (Å²) in [7, 11) is 0. The lowest BCUT2D eigenvalue weighted by molar-refractivity contribution is -0.123. The molecule has 0 bridgehead atoms. The summed E-state index contributed by atoms with van der Waals surface area (Å²) >= 11 is 5.68.